The fourth-order valence-corrected chi connectivity index (χ4v) is 5.14. The Labute approximate surface area is 231 Å². The second-order valence-corrected chi connectivity index (χ2v) is 10.4. The summed E-state index contributed by atoms with van der Waals surface area (Å²) in [4.78, 5) is 13.2. The van der Waals surface area contributed by atoms with Crippen molar-refractivity contribution in [1.29, 1.82) is 0 Å². The summed E-state index contributed by atoms with van der Waals surface area (Å²) in [7, 11) is 1.78. The molecule has 1 amide bonds. The SMILES string of the molecule is CCOc1ccc(Cl)cc1COCC1CCCC(CN/C(C(=O)Nc2ccccc2)=C(\C[C@@H](C)O)NC)C1. The van der Waals surface area contributed by atoms with Gasteiger partial charge in [-0.05, 0) is 75.3 Å². The van der Waals surface area contributed by atoms with Crippen LogP contribution in [0.2, 0.25) is 5.02 Å². The second-order valence-electron chi connectivity index (χ2n) is 9.96. The number of halogens is 1. The summed E-state index contributed by atoms with van der Waals surface area (Å²) in [6, 6.07) is 15.0. The molecule has 208 valence electrons. The molecule has 1 saturated carbocycles. The van der Waals surface area contributed by atoms with Gasteiger partial charge in [0.25, 0.3) is 5.91 Å². The van der Waals surface area contributed by atoms with E-state index in [0.29, 0.717) is 61.0 Å². The molecule has 7 nitrogen and oxygen atoms in total. The number of carbonyl (C=O) groups excluding carboxylic acids is 1. The number of nitrogens with one attached hydrogen (secondary N) is 3. The quantitative estimate of drug-likeness (QED) is 0.235. The molecule has 2 aromatic carbocycles. The first-order valence-electron chi connectivity index (χ1n) is 13.6. The van der Waals surface area contributed by atoms with Crippen LogP contribution in [0.5, 0.6) is 5.75 Å². The highest BCUT2D eigenvalue weighted by Crippen LogP contribution is 2.30. The molecule has 1 aliphatic carbocycles. The third kappa shape index (κ3) is 9.53. The van der Waals surface area contributed by atoms with Gasteiger partial charge >= 0.3 is 0 Å². The summed E-state index contributed by atoms with van der Waals surface area (Å²) in [6.45, 7) is 6.10. The molecule has 0 bridgehead atoms. The molecule has 0 radical (unpaired) electrons. The topological polar surface area (TPSA) is 91.9 Å². The summed E-state index contributed by atoms with van der Waals surface area (Å²) in [5.74, 6) is 1.47. The molecule has 38 heavy (non-hydrogen) atoms. The molecule has 0 spiro atoms. The number of hydrogen-bond donors (Lipinski definition) is 4. The van der Waals surface area contributed by atoms with E-state index in [2.05, 4.69) is 16.0 Å². The minimum Gasteiger partial charge on any atom is -0.494 e. The van der Waals surface area contributed by atoms with Crippen LogP contribution in [-0.4, -0.2) is 43.9 Å². The maximum absolute atomic E-state index is 13.2. The monoisotopic (exact) mass is 543 g/mol. The predicted molar refractivity (Wildman–Crippen MR) is 153 cm³/mol. The van der Waals surface area contributed by atoms with Gasteiger partial charge in [0.2, 0.25) is 0 Å². The number of benzene rings is 2. The Morgan fingerprint density at radius 1 is 1.16 bits per heavy atom. The summed E-state index contributed by atoms with van der Waals surface area (Å²) in [5.41, 5.74) is 2.85. The largest absolute Gasteiger partial charge is 0.494 e. The molecule has 0 aromatic heterocycles. The number of ether oxygens (including phenoxy) is 2. The lowest BCUT2D eigenvalue weighted by atomic mass is 9.81. The maximum Gasteiger partial charge on any atom is 0.273 e. The highest BCUT2D eigenvalue weighted by molar-refractivity contribution is 6.30. The van der Waals surface area contributed by atoms with Gasteiger partial charge in [-0.15, -0.1) is 0 Å². The molecule has 0 heterocycles. The average Bonchev–Trinajstić information content (AvgIpc) is 2.90. The fourth-order valence-electron chi connectivity index (χ4n) is 4.94. The number of anilines is 1. The van der Waals surface area contributed by atoms with Gasteiger partial charge in [0.15, 0.2) is 0 Å². The standard InChI is InChI=1S/C30H42ClN3O4/c1-4-38-28-14-13-25(31)17-24(28)20-37-19-23-10-8-9-22(16-23)18-33-29(27(32-3)15-21(2)35)30(36)34-26-11-6-5-7-12-26/h5-7,11-14,17,21-23,32-33,35H,4,8-10,15-16,18-20H2,1-3H3,(H,34,36)/b29-27+/t21-,22?,23?/m1/s1. The van der Waals surface area contributed by atoms with E-state index >= 15 is 0 Å². The lowest BCUT2D eigenvalue weighted by Crippen LogP contribution is -2.35. The van der Waals surface area contributed by atoms with Crippen molar-refractivity contribution >= 4 is 23.2 Å². The molecule has 1 fully saturated rings. The third-order valence-electron chi connectivity index (χ3n) is 6.75. The van der Waals surface area contributed by atoms with Crippen LogP contribution in [0.15, 0.2) is 59.9 Å². The molecular weight excluding hydrogens is 502 g/mol. The van der Waals surface area contributed by atoms with Crippen molar-refractivity contribution in [3.63, 3.8) is 0 Å². The summed E-state index contributed by atoms with van der Waals surface area (Å²) < 4.78 is 11.8. The molecule has 2 unspecified atom stereocenters. The van der Waals surface area contributed by atoms with E-state index < -0.39 is 6.10 Å². The van der Waals surface area contributed by atoms with E-state index in [9.17, 15) is 9.90 Å². The van der Waals surface area contributed by atoms with Crippen molar-refractivity contribution in [2.75, 3.05) is 32.1 Å². The number of carbonyl (C=O) groups is 1. The van der Waals surface area contributed by atoms with Crippen molar-refractivity contribution in [3.8, 4) is 5.75 Å². The van der Waals surface area contributed by atoms with Crippen LogP contribution in [0.4, 0.5) is 5.69 Å². The van der Waals surface area contributed by atoms with E-state index in [4.69, 9.17) is 21.1 Å². The van der Waals surface area contributed by atoms with Gasteiger partial charge in [0, 0.05) is 48.6 Å². The van der Waals surface area contributed by atoms with Crippen molar-refractivity contribution in [3.05, 3.63) is 70.5 Å². The van der Waals surface area contributed by atoms with E-state index in [1.165, 1.54) is 0 Å². The number of aliphatic hydroxyl groups is 1. The van der Waals surface area contributed by atoms with Crippen LogP contribution < -0.4 is 20.7 Å². The van der Waals surface area contributed by atoms with Crippen molar-refractivity contribution in [2.24, 2.45) is 11.8 Å². The fraction of sp³-hybridized carbons (Fsp3) is 0.500. The van der Waals surface area contributed by atoms with Crippen LogP contribution >= 0.6 is 11.6 Å². The number of rotatable bonds is 14. The molecule has 2 aromatic rings. The number of para-hydroxylation sites is 1. The van der Waals surface area contributed by atoms with Crippen LogP contribution in [0.25, 0.3) is 0 Å². The van der Waals surface area contributed by atoms with Crippen molar-refractivity contribution in [1.82, 2.24) is 10.6 Å². The average molecular weight is 544 g/mol. The molecule has 0 saturated heterocycles. The maximum atomic E-state index is 13.2. The number of amides is 1. The van der Waals surface area contributed by atoms with Crippen LogP contribution in [0, 0.1) is 11.8 Å². The Kier molecular flexibility index (Phi) is 12.3. The van der Waals surface area contributed by atoms with E-state index in [0.717, 1.165) is 42.7 Å². The minimum absolute atomic E-state index is 0.219. The highest BCUT2D eigenvalue weighted by Gasteiger charge is 2.24. The van der Waals surface area contributed by atoms with E-state index in [1.807, 2.05) is 55.5 Å². The molecule has 8 heteroatoms. The lowest BCUT2D eigenvalue weighted by molar-refractivity contribution is -0.113. The van der Waals surface area contributed by atoms with Gasteiger partial charge in [-0.2, -0.15) is 0 Å². The van der Waals surface area contributed by atoms with Gasteiger partial charge in [-0.1, -0.05) is 36.2 Å². The highest BCUT2D eigenvalue weighted by atomic mass is 35.5. The first-order chi connectivity index (χ1) is 18.4. The first kappa shape index (κ1) is 29.8. The van der Waals surface area contributed by atoms with Gasteiger partial charge in [0.05, 0.1) is 19.3 Å². The van der Waals surface area contributed by atoms with Gasteiger partial charge in [-0.25, -0.2) is 0 Å². The third-order valence-corrected chi connectivity index (χ3v) is 6.99. The van der Waals surface area contributed by atoms with Crippen LogP contribution in [-0.2, 0) is 16.1 Å². The molecule has 0 aliphatic heterocycles. The lowest BCUT2D eigenvalue weighted by Gasteiger charge is -2.30. The van der Waals surface area contributed by atoms with Gasteiger partial charge in [-0.3, -0.25) is 4.79 Å². The first-order valence-corrected chi connectivity index (χ1v) is 14.0. The van der Waals surface area contributed by atoms with Gasteiger partial charge < -0.3 is 30.5 Å². The zero-order valence-corrected chi connectivity index (χ0v) is 23.5. The Morgan fingerprint density at radius 2 is 1.92 bits per heavy atom. The summed E-state index contributed by atoms with van der Waals surface area (Å²) >= 11 is 6.18. The van der Waals surface area contributed by atoms with Crippen molar-refractivity contribution in [2.45, 2.75) is 58.7 Å². The van der Waals surface area contributed by atoms with E-state index in [-0.39, 0.29) is 5.91 Å². The van der Waals surface area contributed by atoms with Crippen LogP contribution in [0.1, 0.15) is 51.5 Å². The minimum atomic E-state index is -0.572. The predicted octanol–water partition coefficient (Wildman–Crippen LogP) is 5.49. The summed E-state index contributed by atoms with van der Waals surface area (Å²) in [5, 5.41) is 20.2. The molecule has 4 N–H and O–H groups in total. The van der Waals surface area contributed by atoms with Gasteiger partial charge in [0.1, 0.15) is 11.4 Å². The Hall–Kier alpha value is -2.74. The molecular formula is C30H42ClN3O4. The number of hydrogen-bond acceptors (Lipinski definition) is 6. The Balaban J connectivity index is 1.58. The van der Waals surface area contributed by atoms with Crippen molar-refractivity contribution < 1.29 is 19.4 Å². The summed E-state index contributed by atoms with van der Waals surface area (Å²) in [6.07, 6.45) is 4.17. The Morgan fingerprint density at radius 3 is 2.63 bits per heavy atom. The Bertz CT molecular complexity index is 1050. The zero-order chi connectivity index (χ0) is 27.3. The van der Waals surface area contributed by atoms with Crippen LogP contribution in [0.3, 0.4) is 0 Å². The normalized spacial score (nSPS) is 18.8. The zero-order valence-electron chi connectivity index (χ0n) is 22.8. The molecule has 1 aliphatic rings. The second kappa shape index (κ2) is 15.6. The molecule has 3 atom stereocenters. The molecule has 3 rings (SSSR count). The smallest absolute Gasteiger partial charge is 0.273 e. The van der Waals surface area contributed by atoms with E-state index in [1.54, 1.807) is 14.0 Å². The number of aliphatic hydroxyl groups excluding tert-OH is 1.